The summed E-state index contributed by atoms with van der Waals surface area (Å²) in [6.45, 7) is -0.114. The van der Waals surface area contributed by atoms with Crippen molar-refractivity contribution in [2.45, 2.75) is 0 Å². The monoisotopic (exact) mass is 316 g/mol. The van der Waals surface area contributed by atoms with Crippen LogP contribution in [0.25, 0.3) is 0 Å². The number of benzene rings is 2. The maximum Gasteiger partial charge on any atom is 0.343 e. The van der Waals surface area contributed by atoms with Crippen molar-refractivity contribution < 1.29 is 14.3 Å². The van der Waals surface area contributed by atoms with Crippen LogP contribution in [0.5, 0.6) is 5.75 Å². The summed E-state index contributed by atoms with van der Waals surface area (Å²) in [6.07, 6.45) is 0. The zero-order chi connectivity index (χ0) is 15.8. The van der Waals surface area contributed by atoms with Crippen molar-refractivity contribution in [3.05, 3.63) is 54.6 Å². The summed E-state index contributed by atoms with van der Waals surface area (Å²) in [6, 6.07) is 16.8. The molecule has 22 heavy (non-hydrogen) atoms. The van der Waals surface area contributed by atoms with E-state index in [4.69, 9.17) is 17.0 Å². The normalized spacial score (nSPS) is 9.68. The summed E-state index contributed by atoms with van der Waals surface area (Å²) in [5.41, 5.74) is 1.73. The van der Waals surface area contributed by atoms with E-state index in [1.54, 1.807) is 12.1 Å². The molecule has 0 aliphatic carbocycles. The van der Waals surface area contributed by atoms with Crippen molar-refractivity contribution in [1.82, 2.24) is 0 Å². The van der Waals surface area contributed by atoms with E-state index in [0.29, 0.717) is 10.9 Å². The van der Waals surface area contributed by atoms with Gasteiger partial charge in [-0.2, -0.15) is 0 Å². The highest BCUT2D eigenvalue weighted by Gasteiger charge is 2.02. The van der Waals surface area contributed by atoms with Gasteiger partial charge in [0.05, 0.1) is 7.11 Å². The lowest BCUT2D eigenvalue weighted by Crippen LogP contribution is -2.18. The SMILES string of the molecule is COC(=O)COc1ccc(NC(=S)Nc2ccccc2)cc1. The number of esters is 1. The molecule has 0 aliphatic heterocycles. The number of carbonyl (C=O) groups is 1. The van der Waals surface area contributed by atoms with Crippen LogP contribution in [0.15, 0.2) is 54.6 Å². The molecule has 0 atom stereocenters. The van der Waals surface area contributed by atoms with Crippen molar-refractivity contribution in [1.29, 1.82) is 0 Å². The molecule has 2 rings (SSSR count). The van der Waals surface area contributed by atoms with Gasteiger partial charge in [-0.15, -0.1) is 0 Å². The van der Waals surface area contributed by atoms with Crippen LogP contribution in [0.3, 0.4) is 0 Å². The standard InChI is InChI=1S/C16H16N2O3S/c1-20-15(19)11-21-14-9-7-13(8-10-14)18-16(22)17-12-5-3-2-4-6-12/h2-10H,11H2,1H3,(H2,17,18,22). The summed E-state index contributed by atoms with van der Waals surface area (Å²) in [4.78, 5) is 11.0. The van der Waals surface area contributed by atoms with Gasteiger partial charge in [0.2, 0.25) is 0 Å². The van der Waals surface area contributed by atoms with E-state index in [1.807, 2.05) is 42.5 Å². The van der Waals surface area contributed by atoms with Gasteiger partial charge in [-0.1, -0.05) is 18.2 Å². The smallest absolute Gasteiger partial charge is 0.343 e. The van der Waals surface area contributed by atoms with Crippen LogP contribution in [0.4, 0.5) is 11.4 Å². The number of rotatable bonds is 5. The van der Waals surface area contributed by atoms with Crippen LogP contribution >= 0.6 is 12.2 Å². The molecule has 0 aromatic heterocycles. The van der Waals surface area contributed by atoms with Gasteiger partial charge in [-0.3, -0.25) is 0 Å². The van der Waals surface area contributed by atoms with Crippen molar-refractivity contribution in [2.24, 2.45) is 0 Å². The molecule has 0 saturated heterocycles. The molecule has 114 valence electrons. The zero-order valence-corrected chi connectivity index (χ0v) is 12.9. The lowest BCUT2D eigenvalue weighted by atomic mass is 10.3. The quantitative estimate of drug-likeness (QED) is 0.653. The molecule has 2 aromatic carbocycles. The van der Waals surface area contributed by atoms with Gasteiger partial charge in [-0.25, -0.2) is 4.79 Å². The Bertz CT molecular complexity index is 630. The highest BCUT2D eigenvalue weighted by atomic mass is 32.1. The number of ether oxygens (including phenoxy) is 2. The average molecular weight is 316 g/mol. The molecule has 0 fully saturated rings. The number of thiocarbonyl (C=S) groups is 1. The van der Waals surface area contributed by atoms with E-state index in [0.717, 1.165) is 11.4 Å². The minimum atomic E-state index is -0.421. The van der Waals surface area contributed by atoms with Gasteiger partial charge in [0.25, 0.3) is 0 Å². The number of para-hydroxylation sites is 1. The van der Waals surface area contributed by atoms with Gasteiger partial charge in [0, 0.05) is 11.4 Å². The van der Waals surface area contributed by atoms with Crippen LogP contribution < -0.4 is 15.4 Å². The van der Waals surface area contributed by atoms with E-state index in [-0.39, 0.29) is 6.61 Å². The molecular formula is C16H16N2O3S. The minimum Gasteiger partial charge on any atom is -0.482 e. The Kier molecular flexibility index (Phi) is 5.73. The fraction of sp³-hybridized carbons (Fsp3) is 0.125. The fourth-order valence-corrected chi connectivity index (χ4v) is 1.89. The first-order valence-electron chi connectivity index (χ1n) is 6.60. The van der Waals surface area contributed by atoms with E-state index in [2.05, 4.69) is 15.4 Å². The third-order valence-electron chi connectivity index (χ3n) is 2.73. The molecule has 0 radical (unpaired) electrons. The van der Waals surface area contributed by atoms with E-state index >= 15 is 0 Å². The first-order valence-corrected chi connectivity index (χ1v) is 7.01. The molecule has 0 spiro atoms. The van der Waals surface area contributed by atoms with Crippen molar-refractivity contribution >= 4 is 34.7 Å². The average Bonchev–Trinajstić information content (AvgIpc) is 2.54. The summed E-state index contributed by atoms with van der Waals surface area (Å²) in [5, 5.41) is 6.64. The van der Waals surface area contributed by atoms with Crippen LogP contribution in [0.1, 0.15) is 0 Å². The molecular weight excluding hydrogens is 300 g/mol. The summed E-state index contributed by atoms with van der Waals surface area (Å²) in [5.74, 6) is 0.160. The molecule has 2 N–H and O–H groups in total. The lowest BCUT2D eigenvalue weighted by Gasteiger charge is -2.11. The molecule has 0 aliphatic rings. The maximum atomic E-state index is 11.0. The molecule has 0 amide bonds. The van der Waals surface area contributed by atoms with Crippen molar-refractivity contribution in [2.75, 3.05) is 24.4 Å². The van der Waals surface area contributed by atoms with E-state index < -0.39 is 5.97 Å². The van der Waals surface area contributed by atoms with E-state index in [1.165, 1.54) is 7.11 Å². The van der Waals surface area contributed by atoms with Crippen molar-refractivity contribution in [3.8, 4) is 5.75 Å². The van der Waals surface area contributed by atoms with Crippen LogP contribution in [0, 0.1) is 0 Å². The molecule has 0 unspecified atom stereocenters. The van der Waals surface area contributed by atoms with E-state index in [9.17, 15) is 4.79 Å². The Morgan fingerprint density at radius 1 is 1.00 bits per heavy atom. The zero-order valence-electron chi connectivity index (χ0n) is 12.0. The molecule has 0 saturated carbocycles. The lowest BCUT2D eigenvalue weighted by molar-refractivity contribution is -0.142. The Morgan fingerprint density at radius 3 is 2.18 bits per heavy atom. The van der Waals surface area contributed by atoms with Crippen molar-refractivity contribution in [3.63, 3.8) is 0 Å². The first-order chi connectivity index (χ1) is 10.7. The molecule has 0 bridgehead atoms. The second kappa shape index (κ2) is 7.99. The van der Waals surface area contributed by atoms with Crippen LogP contribution in [0.2, 0.25) is 0 Å². The summed E-state index contributed by atoms with van der Waals surface area (Å²) in [7, 11) is 1.32. The predicted molar refractivity (Wildman–Crippen MR) is 90.2 cm³/mol. The summed E-state index contributed by atoms with van der Waals surface area (Å²) < 4.78 is 9.77. The molecule has 2 aromatic rings. The number of methoxy groups -OCH3 is 1. The Labute approximate surface area is 134 Å². The number of carbonyl (C=O) groups excluding carboxylic acids is 1. The minimum absolute atomic E-state index is 0.114. The third kappa shape index (κ3) is 5.06. The first kappa shape index (κ1) is 15.8. The van der Waals surface area contributed by atoms with Gasteiger partial charge in [0.15, 0.2) is 11.7 Å². The van der Waals surface area contributed by atoms with Gasteiger partial charge < -0.3 is 20.1 Å². The highest BCUT2D eigenvalue weighted by Crippen LogP contribution is 2.16. The number of hydrogen-bond donors (Lipinski definition) is 2. The molecule has 6 heteroatoms. The third-order valence-corrected chi connectivity index (χ3v) is 2.93. The Morgan fingerprint density at radius 2 is 1.59 bits per heavy atom. The van der Waals surface area contributed by atoms with Gasteiger partial charge in [0.1, 0.15) is 5.75 Å². The fourth-order valence-electron chi connectivity index (χ4n) is 1.65. The van der Waals surface area contributed by atoms with Gasteiger partial charge >= 0.3 is 5.97 Å². The Hall–Kier alpha value is -2.60. The Balaban J connectivity index is 1.85. The van der Waals surface area contributed by atoms with Gasteiger partial charge in [-0.05, 0) is 48.6 Å². The molecule has 5 nitrogen and oxygen atoms in total. The number of hydrogen-bond acceptors (Lipinski definition) is 4. The van der Waals surface area contributed by atoms with Crippen LogP contribution in [-0.4, -0.2) is 24.8 Å². The summed E-state index contributed by atoms with van der Waals surface area (Å²) >= 11 is 5.24. The molecule has 0 heterocycles. The largest absolute Gasteiger partial charge is 0.482 e. The topological polar surface area (TPSA) is 59.6 Å². The number of anilines is 2. The predicted octanol–water partition coefficient (Wildman–Crippen LogP) is 3.05. The number of nitrogens with one attached hydrogen (secondary N) is 2. The van der Waals surface area contributed by atoms with Crippen LogP contribution in [-0.2, 0) is 9.53 Å². The maximum absolute atomic E-state index is 11.0. The highest BCUT2D eigenvalue weighted by molar-refractivity contribution is 7.80. The second-order valence-electron chi connectivity index (χ2n) is 4.33. The second-order valence-corrected chi connectivity index (χ2v) is 4.74.